The normalized spacial score (nSPS) is 11.3. The molecule has 1 aromatic rings. The number of unbranched alkanes of at least 4 members (excludes halogenated alkanes) is 5. The maximum atomic E-state index is 12.0. The van der Waals surface area contributed by atoms with Gasteiger partial charge in [0.1, 0.15) is 11.6 Å². The number of carbonyl (C=O) groups is 3. The molecule has 0 saturated carbocycles. The van der Waals surface area contributed by atoms with Gasteiger partial charge in [-0.2, -0.15) is 0 Å². The molecule has 0 spiro atoms. The van der Waals surface area contributed by atoms with Gasteiger partial charge in [0.15, 0.2) is 0 Å². The van der Waals surface area contributed by atoms with E-state index in [1.807, 2.05) is 0 Å². The molecule has 29 heavy (non-hydrogen) atoms. The summed E-state index contributed by atoms with van der Waals surface area (Å²) in [5.74, 6) is -2.56. The van der Waals surface area contributed by atoms with Crippen LogP contribution in [0.4, 0.5) is 9.59 Å². The SMILES string of the molecule is CCCCCCCCOc1ccc(C(CC(=N)OC(=O)[O-])C(=O)OC(=O)O)cc1. The van der Waals surface area contributed by atoms with Gasteiger partial charge in [0, 0.05) is 6.42 Å². The first-order chi connectivity index (χ1) is 13.8. The fourth-order valence-corrected chi connectivity index (χ4v) is 2.69. The molecule has 0 aliphatic rings. The molecule has 0 heterocycles. The van der Waals surface area contributed by atoms with Crippen LogP contribution in [0.2, 0.25) is 0 Å². The third kappa shape index (κ3) is 10.1. The highest BCUT2D eigenvalue weighted by Gasteiger charge is 2.26. The van der Waals surface area contributed by atoms with E-state index in [0.29, 0.717) is 17.9 Å². The van der Waals surface area contributed by atoms with Crippen LogP contribution in [0, 0.1) is 5.41 Å². The Balaban J connectivity index is 2.66. The summed E-state index contributed by atoms with van der Waals surface area (Å²) in [5, 5.41) is 26.5. The lowest BCUT2D eigenvalue weighted by Crippen LogP contribution is -2.29. The molecule has 160 valence electrons. The van der Waals surface area contributed by atoms with E-state index < -0.39 is 36.5 Å². The zero-order valence-corrected chi connectivity index (χ0v) is 16.3. The van der Waals surface area contributed by atoms with E-state index in [4.69, 9.17) is 15.3 Å². The first-order valence-electron chi connectivity index (χ1n) is 9.47. The zero-order valence-electron chi connectivity index (χ0n) is 16.3. The number of nitrogens with one attached hydrogen (secondary N) is 1. The van der Waals surface area contributed by atoms with Crippen LogP contribution in [0.15, 0.2) is 24.3 Å². The maximum Gasteiger partial charge on any atom is 0.513 e. The van der Waals surface area contributed by atoms with Crippen molar-refractivity contribution in [3.05, 3.63) is 29.8 Å². The molecule has 0 aromatic heterocycles. The summed E-state index contributed by atoms with van der Waals surface area (Å²) >= 11 is 0. The minimum Gasteiger partial charge on any atom is -0.501 e. The molecule has 0 fully saturated rings. The van der Waals surface area contributed by atoms with E-state index in [2.05, 4.69) is 16.4 Å². The van der Waals surface area contributed by atoms with Crippen LogP contribution in [0.5, 0.6) is 5.75 Å². The number of carbonyl (C=O) groups excluding carboxylic acids is 2. The standard InChI is InChI=1S/C20H27NO8/c1-2-3-4-5-6-7-12-27-15-10-8-14(9-11-15)16(18(22)29-20(25)26)13-17(21)28-19(23)24/h8-11,16,21H,2-7,12-13H2,1H3,(H,23,24)(H,25,26)/p-1. The number of benzene rings is 1. The fraction of sp³-hybridized carbons (Fsp3) is 0.500. The smallest absolute Gasteiger partial charge is 0.501 e. The van der Waals surface area contributed by atoms with Gasteiger partial charge in [-0.1, -0.05) is 51.2 Å². The second-order valence-electron chi connectivity index (χ2n) is 6.40. The molecular formula is C20H26NO8-. The van der Waals surface area contributed by atoms with Crippen LogP contribution in [-0.4, -0.2) is 35.9 Å². The average molecular weight is 408 g/mol. The maximum absolute atomic E-state index is 12.0. The molecular weight excluding hydrogens is 382 g/mol. The van der Waals surface area contributed by atoms with Crippen LogP contribution in [-0.2, 0) is 14.3 Å². The summed E-state index contributed by atoms with van der Waals surface area (Å²) < 4.78 is 13.9. The largest absolute Gasteiger partial charge is 0.513 e. The van der Waals surface area contributed by atoms with E-state index in [1.54, 1.807) is 12.1 Å². The van der Waals surface area contributed by atoms with Gasteiger partial charge in [0.05, 0.1) is 12.5 Å². The van der Waals surface area contributed by atoms with Crippen LogP contribution >= 0.6 is 0 Å². The van der Waals surface area contributed by atoms with Crippen molar-refractivity contribution in [1.29, 1.82) is 5.41 Å². The molecule has 1 aromatic carbocycles. The van der Waals surface area contributed by atoms with Crippen LogP contribution < -0.4 is 9.84 Å². The van der Waals surface area contributed by atoms with Gasteiger partial charge in [-0.05, 0) is 24.1 Å². The third-order valence-electron chi connectivity index (χ3n) is 4.12. The van der Waals surface area contributed by atoms with Crippen molar-refractivity contribution in [2.24, 2.45) is 0 Å². The zero-order chi connectivity index (χ0) is 21.6. The topological polar surface area (TPSA) is 146 Å². The minimum atomic E-state index is -1.95. The Morgan fingerprint density at radius 3 is 2.24 bits per heavy atom. The van der Waals surface area contributed by atoms with E-state index in [1.165, 1.54) is 37.8 Å². The van der Waals surface area contributed by atoms with Gasteiger partial charge in [-0.25, -0.2) is 4.79 Å². The Bertz CT molecular complexity index is 686. The number of hydrogen-bond acceptors (Lipinski definition) is 8. The van der Waals surface area contributed by atoms with E-state index in [0.717, 1.165) is 12.8 Å². The number of rotatable bonds is 12. The minimum absolute atomic E-state index is 0.329. The second kappa shape index (κ2) is 13.1. The molecule has 0 amide bonds. The van der Waals surface area contributed by atoms with Gasteiger partial charge < -0.3 is 29.2 Å². The summed E-state index contributed by atoms with van der Waals surface area (Å²) in [5.41, 5.74) is 0.329. The summed E-state index contributed by atoms with van der Waals surface area (Å²) in [7, 11) is 0. The molecule has 0 bridgehead atoms. The molecule has 9 heteroatoms. The fourth-order valence-electron chi connectivity index (χ4n) is 2.69. The Morgan fingerprint density at radius 1 is 1.03 bits per heavy atom. The van der Waals surface area contributed by atoms with Crippen molar-refractivity contribution in [3.63, 3.8) is 0 Å². The molecule has 2 N–H and O–H groups in total. The first kappa shape index (κ1) is 23.9. The van der Waals surface area contributed by atoms with E-state index >= 15 is 0 Å². The highest BCUT2D eigenvalue weighted by Crippen LogP contribution is 2.25. The lowest BCUT2D eigenvalue weighted by molar-refractivity contribution is -0.273. The van der Waals surface area contributed by atoms with Crippen LogP contribution in [0.25, 0.3) is 0 Å². The molecule has 9 nitrogen and oxygen atoms in total. The number of hydrogen-bond donors (Lipinski definition) is 2. The van der Waals surface area contributed by atoms with Crippen molar-refractivity contribution in [3.8, 4) is 5.75 Å². The van der Waals surface area contributed by atoms with Gasteiger partial charge in [-0.3, -0.25) is 10.2 Å². The second-order valence-corrected chi connectivity index (χ2v) is 6.40. The van der Waals surface area contributed by atoms with Gasteiger partial charge in [0.25, 0.3) is 6.16 Å². The van der Waals surface area contributed by atoms with Gasteiger partial charge in [0.2, 0.25) is 0 Å². The predicted octanol–water partition coefficient (Wildman–Crippen LogP) is 3.46. The van der Waals surface area contributed by atoms with Crippen LogP contribution in [0.3, 0.4) is 0 Å². The monoisotopic (exact) mass is 408 g/mol. The molecule has 1 rings (SSSR count). The number of ether oxygens (including phenoxy) is 3. The molecule has 0 aliphatic heterocycles. The first-order valence-corrected chi connectivity index (χ1v) is 9.47. The molecule has 0 radical (unpaired) electrons. The van der Waals surface area contributed by atoms with E-state index in [9.17, 15) is 19.5 Å². The summed E-state index contributed by atoms with van der Waals surface area (Å²) in [6.45, 7) is 2.72. The van der Waals surface area contributed by atoms with Gasteiger partial charge in [-0.15, -0.1) is 0 Å². The highest BCUT2D eigenvalue weighted by atomic mass is 16.7. The molecule has 0 aliphatic carbocycles. The molecule has 1 unspecified atom stereocenters. The average Bonchev–Trinajstić information content (AvgIpc) is 2.65. The Kier molecular flexibility index (Phi) is 10.8. The van der Waals surface area contributed by atoms with Crippen LogP contribution in [0.1, 0.15) is 63.4 Å². The predicted molar refractivity (Wildman–Crippen MR) is 101 cm³/mol. The lowest BCUT2D eigenvalue weighted by Gasteiger charge is -2.17. The highest BCUT2D eigenvalue weighted by molar-refractivity contribution is 5.91. The van der Waals surface area contributed by atoms with Crippen molar-refractivity contribution in [2.45, 2.75) is 57.8 Å². The van der Waals surface area contributed by atoms with Crippen molar-refractivity contribution in [2.75, 3.05) is 6.61 Å². The quantitative estimate of drug-likeness (QED) is 0.176. The van der Waals surface area contributed by atoms with Gasteiger partial charge >= 0.3 is 12.1 Å². The summed E-state index contributed by atoms with van der Waals surface area (Å²) in [6, 6.07) is 6.26. The van der Waals surface area contributed by atoms with Crippen molar-refractivity contribution in [1.82, 2.24) is 0 Å². The summed E-state index contributed by atoms with van der Waals surface area (Å²) in [6.07, 6.45) is 2.59. The third-order valence-corrected chi connectivity index (χ3v) is 4.12. The Labute approximate surface area is 169 Å². The lowest BCUT2D eigenvalue weighted by atomic mass is 9.95. The number of esters is 1. The Morgan fingerprint density at radius 2 is 1.66 bits per heavy atom. The summed E-state index contributed by atoms with van der Waals surface area (Å²) in [4.78, 5) is 33.1. The van der Waals surface area contributed by atoms with Crippen molar-refractivity contribution >= 4 is 24.2 Å². The Hall–Kier alpha value is -3.10. The molecule has 1 atom stereocenters. The van der Waals surface area contributed by atoms with E-state index in [-0.39, 0.29) is 0 Å². The van der Waals surface area contributed by atoms with Crippen molar-refractivity contribution < 1.29 is 38.8 Å². The molecule has 0 saturated heterocycles. The number of carboxylic acid groups (broad SMARTS) is 2.